The van der Waals surface area contributed by atoms with Crippen LogP contribution in [0.5, 0.6) is 5.75 Å². The lowest BCUT2D eigenvalue weighted by Gasteiger charge is -2.16. The summed E-state index contributed by atoms with van der Waals surface area (Å²) in [6.45, 7) is 3.91. The zero-order valence-electron chi connectivity index (χ0n) is 15.5. The van der Waals surface area contributed by atoms with Gasteiger partial charge in [-0.3, -0.25) is 4.79 Å². The Morgan fingerprint density at radius 2 is 1.85 bits per heavy atom. The molecule has 0 spiro atoms. The Balaban J connectivity index is 1.98. The third-order valence-electron chi connectivity index (χ3n) is 3.71. The van der Waals surface area contributed by atoms with E-state index in [9.17, 15) is 13.2 Å². The van der Waals surface area contributed by atoms with E-state index in [2.05, 4.69) is 10.5 Å². The molecule has 0 saturated carbocycles. The quantitative estimate of drug-likeness (QED) is 0.554. The van der Waals surface area contributed by atoms with E-state index in [4.69, 9.17) is 4.74 Å². The Labute approximate surface area is 159 Å². The minimum Gasteiger partial charge on any atom is -0.493 e. The number of sulfonamides is 1. The van der Waals surface area contributed by atoms with Crippen LogP contribution >= 0.6 is 0 Å². The van der Waals surface area contributed by atoms with Crippen LogP contribution in [0.4, 0.5) is 0 Å². The van der Waals surface area contributed by atoms with Gasteiger partial charge in [-0.2, -0.15) is 9.41 Å². The average molecular weight is 389 g/mol. The fourth-order valence-corrected chi connectivity index (χ4v) is 3.39. The van der Waals surface area contributed by atoms with Crippen molar-refractivity contribution >= 4 is 22.1 Å². The molecule has 27 heavy (non-hydrogen) atoms. The van der Waals surface area contributed by atoms with E-state index < -0.39 is 15.9 Å². The highest BCUT2D eigenvalue weighted by molar-refractivity contribution is 7.89. The number of rotatable bonds is 8. The summed E-state index contributed by atoms with van der Waals surface area (Å²) in [6, 6.07) is 13.7. The summed E-state index contributed by atoms with van der Waals surface area (Å²) in [5.41, 5.74) is 4.00. The molecule has 144 valence electrons. The van der Waals surface area contributed by atoms with Crippen molar-refractivity contribution < 1.29 is 17.9 Å². The number of nitrogens with one attached hydrogen (secondary N) is 1. The summed E-state index contributed by atoms with van der Waals surface area (Å²) in [5.74, 6) is 0.107. The summed E-state index contributed by atoms with van der Waals surface area (Å²) in [4.78, 5) is 12.2. The highest BCUT2D eigenvalue weighted by Gasteiger charge is 2.22. The van der Waals surface area contributed by atoms with Crippen molar-refractivity contribution in [3.05, 3.63) is 59.7 Å². The van der Waals surface area contributed by atoms with Crippen molar-refractivity contribution in [3.63, 3.8) is 0 Å². The first-order valence-corrected chi connectivity index (χ1v) is 9.85. The number of ether oxygens (including phenoxy) is 1. The first-order chi connectivity index (χ1) is 12.8. The van der Waals surface area contributed by atoms with Crippen LogP contribution in [-0.2, 0) is 14.8 Å². The molecule has 0 unspecified atom stereocenters. The number of hydrazone groups is 1. The average Bonchev–Trinajstić information content (AvgIpc) is 2.63. The Morgan fingerprint density at radius 1 is 1.19 bits per heavy atom. The molecule has 2 rings (SSSR count). The van der Waals surface area contributed by atoms with Crippen molar-refractivity contribution in [1.29, 1.82) is 0 Å². The zero-order valence-corrected chi connectivity index (χ0v) is 16.4. The molecule has 1 N–H and O–H groups in total. The van der Waals surface area contributed by atoms with Gasteiger partial charge < -0.3 is 4.74 Å². The van der Waals surface area contributed by atoms with Gasteiger partial charge in [0.1, 0.15) is 5.75 Å². The van der Waals surface area contributed by atoms with Crippen molar-refractivity contribution in [2.45, 2.75) is 18.7 Å². The molecule has 0 radical (unpaired) electrons. The number of aryl methyl sites for hydroxylation is 1. The molecule has 2 aromatic rings. The number of hydrogen-bond acceptors (Lipinski definition) is 5. The van der Waals surface area contributed by atoms with E-state index in [0.29, 0.717) is 17.9 Å². The van der Waals surface area contributed by atoms with Crippen LogP contribution in [0, 0.1) is 6.92 Å². The Hall–Kier alpha value is -2.71. The van der Waals surface area contributed by atoms with E-state index in [-0.39, 0.29) is 11.4 Å². The number of likely N-dealkylation sites (N-methyl/N-ethyl adjacent to an activating group) is 1. The molecule has 0 aliphatic rings. The summed E-state index contributed by atoms with van der Waals surface area (Å²) in [6.07, 6.45) is 1.46. The molecule has 0 aliphatic carbocycles. The molecule has 0 aromatic heterocycles. The molecule has 8 heteroatoms. The monoisotopic (exact) mass is 389 g/mol. The molecule has 0 heterocycles. The van der Waals surface area contributed by atoms with Crippen molar-refractivity contribution in [2.24, 2.45) is 5.10 Å². The van der Waals surface area contributed by atoms with Crippen LogP contribution in [0.2, 0.25) is 0 Å². The minimum atomic E-state index is -3.74. The molecular weight excluding hydrogens is 366 g/mol. The van der Waals surface area contributed by atoms with Crippen LogP contribution < -0.4 is 10.2 Å². The van der Waals surface area contributed by atoms with Gasteiger partial charge in [-0.1, -0.05) is 29.8 Å². The molecule has 0 bridgehead atoms. The van der Waals surface area contributed by atoms with Gasteiger partial charge in [-0.05, 0) is 38.1 Å². The van der Waals surface area contributed by atoms with Gasteiger partial charge in [0.05, 0.1) is 24.3 Å². The van der Waals surface area contributed by atoms with Gasteiger partial charge in [0, 0.05) is 12.6 Å². The molecule has 0 saturated heterocycles. The number of benzene rings is 2. The molecule has 1 amide bonds. The van der Waals surface area contributed by atoms with Crippen LogP contribution in [-0.4, -0.2) is 45.0 Å². The van der Waals surface area contributed by atoms with Crippen molar-refractivity contribution in [3.8, 4) is 5.75 Å². The predicted octanol–water partition coefficient (Wildman–Crippen LogP) is 2.16. The second kappa shape index (κ2) is 9.29. The highest BCUT2D eigenvalue weighted by Crippen LogP contribution is 2.16. The van der Waals surface area contributed by atoms with Crippen molar-refractivity contribution in [2.75, 3.05) is 20.2 Å². The third-order valence-corrected chi connectivity index (χ3v) is 5.52. The molecule has 0 fully saturated rings. The van der Waals surface area contributed by atoms with Gasteiger partial charge in [0.2, 0.25) is 10.0 Å². The first kappa shape index (κ1) is 20.6. The van der Waals surface area contributed by atoms with Gasteiger partial charge in [-0.15, -0.1) is 0 Å². The first-order valence-electron chi connectivity index (χ1n) is 8.41. The molecular formula is C19H23N3O4S. The van der Waals surface area contributed by atoms with Crippen LogP contribution in [0.15, 0.2) is 58.5 Å². The summed E-state index contributed by atoms with van der Waals surface area (Å²) in [7, 11) is -2.39. The molecule has 7 nitrogen and oxygen atoms in total. The summed E-state index contributed by atoms with van der Waals surface area (Å²) >= 11 is 0. The molecule has 2 aromatic carbocycles. The van der Waals surface area contributed by atoms with E-state index in [0.717, 1.165) is 9.87 Å². The normalized spacial score (nSPS) is 11.7. The fraction of sp³-hybridized carbons (Fsp3) is 0.263. The van der Waals surface area contributed by atoms with Crippen LogP contribution in [0.1, 0.15) is 18.1 Å². The Kier molecular flexibility index (Phi) is 7.09. The Bertz CT molecular complexity index is 909. The molecule has 0 aliphatic heterocycles. The predicted molar refractivity (Wildman–Crippen MR) is 104 cm³/mol. The number of para-hydroxylation sites is 1. The van der Waals surface area contributed by atoms with Gasteiger partial charge in [-0.25, -0.2) is 13.8 Å². The van der Waals surface area contributed by atoms with E-state index in [1.807, 2.05) is 26.0 Å². The van der Waals surface area contributed by atoms with E-state index in [1.165, 1.54) is 25.4 Å². The largest absolute Gasteiger partial charge is 0.493 e. The maximum absolute atomic E-state index is 12.5. The SMILES string of the molecule is CCOc1ccccc1/C=N/NC(=O)CN(C)S(=O)(=O)c1ccc(C)cc1. The summed E-state index contributed by atoms with van der Waals surface area (Å²) < 4.78 is 31.4. The number of nitrogens with zero attached hydrogens (tertiary/aromatic N) is 2. The lowest BCUT2D eigenvalue weighted by molar-refractivity contribution is -0.121. The van der Waals surface area contributed by atoms with Crippen LogP contribution in [0.25, 0.3) is 0 Å². The zero-order chi connectivity index (χ0) is 19.9. The lowest BCUT2D eigenvalue weighted by Crippen LogP contribution is -2.36. The maximum Gasteiger partial charge on any atom is 0.255 e. The summed E-state index contributed by atoms with van der Waals surface area (Å²) in [5, 5.41) is 3.88. The minimum absolute atomic E-state index is 0.137. The topological polar surface area (TPSA) is 88.1 Å². The smallest absolute Gasteiger partial charge is 0.255 e. The Morgan fingerprint density at radius 3 is 2.52 bits per heavy atom. The van der Waals surface area contributed by atoms with E-state index in [1.54, 1.807) is 24.3 Å². The molecule has 0 atom stereocenters. The standard InChI is InChI=1S/C19H23N3O4S/c1-4-26-18-8-6-5-7-16(18)13-20-21-19(23)14-22(3)27(24,25)17-11-9-15(2)10-12-17/h5-13H,4,14H2,1-3H3,(H,21,23)/b20-13+. The fourth-order valence-electron chi connectivity index (χ4n) is 2.26. The van der Waals surface area contributed by atoms with Crippen molar-refractivity contribution in [1.82, 2.24) is 9.73 Å². The van der Waals surface area contributed by atoms with Gasteiger partial charge >= 0.3 is 0 Å². The van der Waals surface area contributed by atoms with Gasteiger partial charge in [0.15, 0.2) is 0 Å². The number of carbonyl (C=O) groups is 1. The van der Waals surface area contributed by atoms with Gasteiger partial charge in [0.25, 0.3) is 5.91 Å². The number of amides is 1. The lowest BCUT2D eigenvalue weighted by atomic mass is 10.2. The number of carbonyl (C=O) groups excluding carboxylic acids is 1. The highest BCUT2D eigenvalue weighted by atomic mass is 32.2. The van der Waals surface area contributed by atoms with Crippen LogP contribution in [0.3, 0.4) is 0 Å². The van der Waals surface area contributed by atoms with E-state index >= 15 is 0 Å². The maximum atomic E-state index is 12.5. The third kappa shape index (κ3) is 5.63. The number of hydrogen-bond donors (Lipinski definition) is 1. The second-order valence-electron chi connectivity index (χ2n) is 5.84. The second-order valence-corrected chi connectivity index (χ2v) is 7.88.